The molecule has 0 saturated heterocycles. The molecule has 1 aromatic carbocycles. The molecule has 4 nitrogen and oxygen atoms in total. The van der Waals surface area contributed by atoms with Gasteiger partial charge in [0.1, 0.15) is 10.6 Å². The maximum absolute atomic E-state index is 11.3. The summed E-state index contributed by atoms with van der Waals surface area (Å²) >= 11 is 0. The average molecular weight is 201 g/mol. The Hall–Kier alpha value is -1.07. The van der Waals surface area contributed by atoms with Crippen molar-refractivity contribution in [2.45, 2.75) is 11.8 Å². The molecule has 0 bridgehead atoms. The zero-order valence-electron chi connectivity index (χ0n) is 7.40. The Morgan fingerprint density at radius 1 is 1.38 bits per heavy atom. The van der Waals surface area contributed by atoms with Crippen LogP contribution in [-0.2, 0) is 10.0 Å². The van der Waals surface area contributed by atoms with Crippen LogP contribution >= 0.6 is 0 Å². The lowest BCUT2D eigenvalue weighted by Crippen LogP contribution is -2.18. The van der Waals surface area contributed by atoms with Crippen LogP contribution < -0.4 is 4.72 Å². The Bertz CT molecular complexity index is 411. The van der Waals surface area contributed by atoms with Crippen molar-refractivity contribution >= 4 is 10.0 Å². The number of nitrogens with one attached hydrogen (secondary N) is 1. The van der Waals surface area contributed by atoms with Gasteiger partial charge in [0.25, 0.3) is 0 Å². The molecule has 5 heteroatoms. The van der Waals surface area contributed by atoms with Crippen molar-refractivity contribution in [3.63, 3.8) is 0 Å². The smallest absolute Gasteiger partial charge is 0.243 e. The first-order chi connectivity index (χ1) is 5.97. The van der Waals surface area contributed by atoms with Gasteiger partial charge in [0.05, 0.1) is 0 Å². The fraction of sp³-hybridized carbons (Fsp3) is 0.250. The second-order valence-corrected chi connectivity index (χ2v) is 4.53. The van der Waals surface area contributed by atoms with Crippen LogP contribution in [0.3, 0.4) is 0 Å². The molecule has 0 aliphatic heterocycles. The van der Waals surface area contributed by atoms with Gasteiger partial charge in [-0.2, -0.15) is 0 Å². The number of aromatic hydroxyl groups is 1. The molecule has 0 atom stereocenters. The third-order valence-corrected chi connectivity index (χ3v) is 3.13. The van der Waals surface area contributed by atoms with Crippen LogP contribution in [0.15, 0.2) is 23.1 Å². The zero-order chi connectivity index (χ0) is 10.1. The minimum Gasteiger partial charge on any atom is -0.507 e. The minimum absolute atomic E-state index is 0.0967. The molecule has 0 saturated carbocycles. The molecular weight excluding hydrogens is 190 g/mol. The van der Waals surface area contributed by atoms with Crippen molar-refractivity contribution in [3.05, 3.63) is 23.8 Å². The standard InChI is InChI=1S/C8H11NO3S/c1-6-3-4-8(7(10)5-6)13(11,12)9-2/h3-5,9-10H,1-2H3. The molecule has 13 heavy (non-hydrogen) atoms. The van der Waals surface area contributed by atoms with E-state index in [9.17, 15) is 13.5 Å². The number of sulfonamides is 1. The number of phenolic OH excluding ortho intramolecular Hbond substituents is 1. The van der Waals surface area contributed by atoms with E-state index in [1.807, 2.05) is 0 Å². The normalized spacial score (nSPS) is 11.5. The van der Waals surface area contributed by atoms with Crippen molar-refractivity contribution in [3.8, 4) is 5.75 Å². The van der Waals surface area contributed by atoms with Crippen LogP contribution in [0.4, 0.5) is 0 Å². The van der Waals surface area contributed by atoms with Gasteiger partial charge in [0.2, 0.25) is 10.0 Å². The van der Waals surface area contributed by atoms with E-state index in [0.717, 1.165) is 5.56 Å². The summed E-state index contributed by atoms with van der Waals surface area (Å²) in [4.78, 5) is -0.0967. The van der Waals surface area contributed by atoms with Crippen molar-refractivity contribution in [2.24, 2.45) is 0 Å². The molecule has 0 amide bonds. The molecule has 0 fully saturated rings. The van der Waals surface area contributed by atoms with Crippen LogP contribution in [0.1, 0.15) is 5.56 Å². The number of hydrogen-bond donors (Lipinski definition) is 2. The molecule has 72 valence electrons. The van der Waals surface area contributed by atoms with E-state index in [1.54, 1.807) is 13.0 Å². The highest BCUT2D eigenvalue weighted by Gasteiger charge is 2.15. The van der Waals surface area contributed by atoms with Gasteiger partial charge < -0.3 is 5.11 Å². The Kier molecular flexibility index (Phi) is 2.58. The van der Waals surface area contributed by atoms with Crippen molar-refractivity contribution < 1.29 is 13.5 Å². The Morgan fingerprint density at radius 3 is 2.46 bits per heavy atom. The summed E-state index contributed by atoms with van der Waals surface area (Å²) in [6.07, 6.45) is 0. The highest BCUT2D eigenvalue weighted by Crippen LogP contribution is 2.22. The summed E-state index contributed by atoms with van der Waals surface area (Å²) < 4.78 is 24.7. The zero-order valence-corrected chi connectivity index (χ0v) is 8.22. The largest absolute Gasteiger partial charge is 0.507 e. The van der Waals surface area contributed by atoms with Gasteiger partial charge in [0.15, 0.2) is 0 Å². The van der Waals surface area contributed by atoms with E-state index < -0.39 is 10.0 Å². The topological polar surface area (TPSA) is 66.4 Å². The highest BCUT2D eigenvalue weighted by molar-refractivity contribution is 7.89. The first-order valence-corrected chi connectivity index (χ1v) is 5.19. The van der Waals surface area contributed by atoms with Crippen LogP contribution in [0.5, 0.6) is 5.75 Å². The molecule has 1 aromatic rings. The van der Waals surface area contributed by atoms with Gasteiger partial charge in [-0.3, -0.25) is 0 Å². The summed E-state index contributed by atoms with van der Waals surface area (Å²) in [5, 5.41) is 9.34. The van der Waals surface area contributed by atoms with Crippen molar-refractivity contribution in [1.29, 1.82) is 0 Å². The van der Waals surface area contributed by atoms with Crippen LogP contribution in [0, 0.1) is 6.92 Å². The molecule has 0 unspecified atom stereocenters. The SMILES string of the molecule is CNS(=O)(=O)c1ccc(C)cc1O. The molecule has 0 radical (unpaired) electrons. The Labute approximate surface area is 77.3 Å². The number of hydrogen-bond acceptors (Lipinski definition) is 3. The predicted molar refractivity (Wildman–Crippen MR) is 49.1 cm³/mol. The maximum atomic E-state index is 11.3. The summed E-state index contributed by atoms with van der Waals surface area (Å²) in [5.41, 5.74) is 0.813. The lowest BCUT2D eigenvalue weighted by atomic mass is 10.2. The van der Waals surface area contributed by atoms with Crippen molar-refractivity contribution in [2.75, 3.05) is 7.05 Å². The molecule has 0 spiro atoms. The van der Waals surface area contributed by atoms with Crippen LogP contribution in [-0.4, -0.2) is 20.6 Å². The molecule has 0 aliphatic carbocycles. The number of benzene rings is 1. The van der Waals surface area contributed by atoms with Crippen molar-refractivity contribution in [1.82, 2.24) is 4.72 Å². The fourth-order valence-corrected chi connectivity index (χ4v) is 1.77. The third kappa shape index (κ3) is 1.99. The number of rotatable bonds is 2. The van der Waals surface area contributed by atoms with Gasteiger partial charge in [-0.25, -0.2) is 13.1 Å². The second-order valence-electron chi connectivity index (χ2n) is 2.68. The van der Waals surface area contributed by atoms with Crippen LogP contribution in [0.25, 0.3) is 0 Å². The van der Waals surface area contributed by atoms with Crippen LogP contribution in [0.2, 0.25) is 0 Å². The number of aryl methyl sites for hydroxylation is 1. The quantitative estimate of drug-likeness (QED) is 0.736. The van der Waals surface area contributed by atoms with Gasteiger partial charge in [-0.15, -0.1) is 0 Å². The Morgan fingerprint density at radius 2 is 2.00 bits per heavy atom. The molecule has 0 aromatic heterocycles. The monoisotopic (exact) mass is 201 g/mol. The summed E-state index contributed by atoms with van der Waals surface area (Å²) in [5.74, 6) is -0.227. The van der Waals surface area contributed by atoms with E-state index in [0.29, 0.717) is 0 Å². The summed E-state index contributed by atoms with van der Waals surface area (Å²) in [6, 6.07) is 4.41. The molecular formula is C8H11NO3S. The fourth-order valence-electron chi connectivity index (χ4n) is 0.965. The highest BCUT2D eigenvalue weighted by atomic mass is 32.2. The first kappa shape index (κ1) is 10.0. The van der Waals surface area contributed by atoms with E-state index in [2.05, 4.69) is 4.72 Å². The number of phenols is 1. The van der Waals surface area contributed by atoms with E-state index in [-0.39, 0.29) is 10.6 Å². The predicted octanol–water partition coefficient (Wildman–Crippen LogP) is 0.609. The second kappa shape index (κ2) is 3.35. The van der Waals surface area contributed by atoms with E-state index >= 15 is 0 Å². The summed E-state index contributed by atoms with van der Waals surface area (Å²) in [6.45, 7) is 1.77. The molecule has 2 N–H and O–H groups in total. The lowest BCUT2D eigenvalue weighted by molar-refractivity contribution is 0.458. The lowest BCUT2D eigenvalue weighted by Gasteiger charge is -2.04. The van der Waals surface area contributed by atoms with Gasteiger partial charge >= 0.3 is 0 Å². The first-order valence-electron chi connectivity index (χ1n) is 3.70. The summed E-state index contributed by atoms with van der Waals surface area (Å²) in [7, 11) is -2.25. The minimum atomic E-state index is -3.55. The molecule has 0 aliphatic rings. The third-order valence-electron chi connectivity index (χ3n) is 1.67. The maximum Gasteiger partial charge on any atom is 0.243 e. The van der Waals surface area contributed by atoms with E-state index in [1.165, 1.54) is 19.2 Å². The Balaban J connectivity index is 3.33. The van der Waals surface area contributed by atoms with Gasteiger partial charge in [-0.05, 0) is 31.7 Å². The molecule has 0 heterocycles. The molecule has 1 rings (SSSR count). The average Bonchev–Trinajstić information content (AvgIpc) is 2.03. The van der Waals surface area contributed by atoms with Gasteiger partial charge in [-0.1, -0.05) is 6.07 Å². The van der Waals surface area contributed by atoms with Gasteiger partial charge in [0, 0.05) is 0 Å². The van der Waals surface area contributed by atoms with E-state index in [4.69, 9.17) is 0 Å².